The van der Waals surface area contributed by atoms with Gasteiger partial charge in [-0.3, -0.25) is 9.59 Å². The lowest BCUT2D eigenvalue weighted by Crippen LogP contribution is -2.43. The molecule has 0 bridgehead atoms. The third-order valence-corrected chi connectivity index (χ3v) is 7.08. The monoisotopic (exact) mass is 497 g/mol. The van der Waals surface area contributed by atoms with Gasteiger partial charge in [-0.05, 0) is 53.6 Å². The topological polar surface area (TPSA) is 114 Å². The van der Waals surface area contributed by atoms with Crippen molar-refractivity contribution in [3.05, 3.63) is 89.2 Å². The third kappa shape index (κ3) is 6.15. The number of anilines is 2. The number of carbonyl (C=O) groups is 2. The van der Waals surface area contributed by atoms with Gasteiger partial charge in [0.15, 0.2) is 9.84 Å². The maximum absolute atomic E-state index is 13.4. The molecule has 3 aromatic rings. The van der Waals surface area contributed by atoms with Gasteiger partial charge in [0.1, 0.15) is 17.6 Å². The van der Waals surface area contributed by atoms with E-state index in [9.17, 15) is 22.4 Å². The number of hydrogen-bond donors (Lipinski definition) is 3. The van der Waals surface area contributed by atoms with Gasteiger partial charge in [-0.15, -0.1) is 0 Å². The predicted octanol–water partition coefficient (Wildman–Crippen LogP) is 3.11. The molecule has 3 N–H and O–H groups in total. The van der Waals surface area contributed by atoms with Crippen molar-refractivity contribution < 1.29 is 27.1 Å². The average Bonchev–Trinajstić information content (AvgIpc) is 2.82. The Hall–Kier alpha value is -3.92. The van der Waals surface area contributed by atoms with Gasteiger partial charge >= 0.3 is 0 Å². The van der Waals surface area contributed by atoms with Crippen molar-refractivity contribution in [3.63, 3.8) is 0 Å². The van der Waals surface area contributed by atoms with Gasteiger partial charge in [-0.25, -0.2) is 12.8 Å². The van der Waals surface area contributed by atoms with Crippen molar-refractivity contribution in [2.75, 3.05) is 23.5 Å². The van der Waals surface area contributed by atoms with Gasteiger partial charge < -0.3 is 20.7 Å². The normalized spacial score (nSPS) is 14.9. The molecule has 0 aliphatic carbocycles. The maximum atomic E-state index is 13.4. The second-order valence-corrected chi connectivity index (χ2v) is 10.3. The zero-order valence-corrected chi connectivity index (χ0v) is 19.7. The highest BCUT2D eigenvalue weighted by Crippen LogP contribution is 2.28. The number of nitrogens with one attached hydrogen (secondary N) is 3. The molecule has 1 heterocycles. The lowest BCUT2D eigenvalue weighted by molar-refractivity contribution is -0.116. The van der Waals surface area contributed by atoms with Crippen LogP contribution in [0.4, 0.5) is 15.8 Å². The molecule has 1 aliphatic rings. The second-order valence-electron chi connectivity index (χ2n) is 8.17. The number of fused-ring (bicyclic) bond motifs is 1. The Kier molecular flexibility index (Phi) is 7.02. The molecule has 182 valence electrons. The highest BCUT2D eigenvalue weighted by Gasteiger charge is 2.30. The largest absolute Gasteiger partial charge is 0.497 e. The Bertz CT molecular complexity index is 1380. The number of benzene rings is 3. The number of methoxy groups -OCH3 is 1. The van der Waals surface area contributed by atoms with E-state index in [2.05, 4.69) is 16.0 Å². The molecule has 1 aliphatic heterocycles. The predicted molar refractivity (Wildman–Crippen MR) is 131 cm³/mol. The van der Waals surface area contributed by atoms with E-state index in [0.29, 0.717) is 34.8 Å². The highest BCUT2D eigenvalue weighted by molar-refractivity contribution is 7.90. The van der Waals surface area contributed by atoms with Crippen molar-refractivity contribution in [1.29, 1.82) is 0 Å². The lowest BCUT2D eigenvalue weighted by Gasteiger charge is -2.27. The fourth-order valence-corrected chi connectivity index (χ4v) is 5.31. The first-order valence-electron chi connectivity index (χ1n) is 10.8. The Morgan fingerprint density at radius 3 is 2.57 bits per heavy atom. The summed E-state index contributed by atoms with van der Waals surface area (Å²) in [4.78, 5) is 25.2. The van der Waals surface area contributed by atoms with Crippen LogP contribution in [0.15, 0.2) is 66.7 Å². The lowest BCUT2D eigenvalue weighted by atomic mass is 10.1. The van der Waals surface area contributed by atoms with E-state index < -0.39 is 33.4 Å². The average molecular weight is 498 g/mol. The first-order chi connectivity index (χ1) is 16.7. The number of rotatable bonds is 8. The van der Waals surface area contributed by atoms with Crippen LogP contribution < -0.4 is 20.7 Å². The summed E-state index contributed by atoms with van der Waals surface area (Å²) in [6, 6.07) is 16.4. The van der Waals surface area contributed by atoms with Gasteiger partial charge in [-0.2, -0.15) is 0 Å². The Labute approximate surface area is 202 Å². The summed E-state index contributed by atoms with van der Waals surface area (Å²) in [5, 5.41) is 8.41. The summed E-state index contributed by atoms with van der Waals surface area (Å²) in [7, 11) is -2.14. The van der Waals surface area contributed by atoms with Gasteiger partial charge in [0.2, 0.25) is 5.91 Å². The van der Waals surface area contributed by atoms with Gasteiger partial charge in [0.05, 0.1) is 30.0 Å². The van der Waals surface area contributed by atoms with Crippen LogP contribution in [0.2, 0.25) is 0 Å². The zero-order chi connectivity index (χ0) is 25.0. The molecule has 0 fully saturated rings. The van der Waals surface area contributed by atoms with Gasteiger partial charge in [0.25, 0.3) is 5.91 Å². The number of hydrogen-bond acceptors (Lipinski definition) is 6. The van der Waals surface area contributed by atoms with Crippen molar-refractivity contribution in [2.24, 2.45) is 0 Å². The molecule has 0 saturated carbocycles. The quantitative estimate of drug-likeness (QED) is 0.441. The van der Waals surface area contributed by atoms with Crippen LogP contribution in [0.5, 0.6) is 5.75 Å². The Balaban J connectivity index is 1.40. The van der Waals surface area contributed by atoms with E-state index in [1.807, 2.05) is 24.3 Å². The summed E-state index contributed by atoms with van der Waals surface area (Å²) in [6.45, 7) is 0.295. The zero-order valence-electron chi connectivity index (χ0n) is 18.9. The summed E-state index contributed by atoms with van der Waals surface area (Å²) in [5.74, 6) is -1.54. The Morgan fingerprint density at radius 1 is 1.03 bits per heavy atom. The fraction of sp³-hybridized carbons (Fsp3) is 0.200. The highest BCUT2D eigenvalue weighted by atomic mass is 32.2. The summed E-state index contributed by atoms with van der Waals surface area (Å²) >= 11 is 0. The molecule has 1 atom stereocenters. The maximum Gasteiger partial charge on any atom is 0.251 e. The summed E-state index contributed by atoms with van der Waals surface area (Å²) in [5.41, 5.74) is 2.40. The molecule has 2 amide bonds. The molecule has 0 aromatic heterocycles. The number of amides is 2. The number of sulfone groups is 1. The smallest absolute Gasteiger partial charge is 0.251 e. The van der Waals surface area contributed by atoms with Crippen LogP contribution in [0, 0.1) is 5.82 Å². The first-order valence-corrected chi connectivity index (χ1v) is 12.6. The van der Waals surface area contributed by atoms with Crippen LogP contribution in [-0.4, -0.2) is 39.1 Å². The van der Waals surface area contributed by atoms with Crippen molar-refractivity contribution >= 4 is 33.0 Å². The van der Waals surface area contributed by atoms with E-state index >= 15 is 0 Å². The molecular formula is C25H24FN3O5S. The van der Waals surface area contributed by atoms with E-state index in [1.165, 1.54) is 24.3 Å². The molecule has 0 radical (unpaired) electrons. The number of ether oxygens (including phenoxy) is 1. The minimum atomic E-state index is -3.71. The number of carbonyl (C=O) groups excluding carboxylic acids is 2. The molecule has 4 rings (SSSR count). The molecule has 10 heteroatoms. The molecule has 0 spiro atoms. The molecule has 0 saturated heterocycles. The van der Waals surface area contributed by atoms with E-state index in [4.69, 9.17) is 4.74 Å². The summed E-state index contributed by atoms with van der Waals surface area (Å²) < 4.78 is 43.8. The minimum absolute atomic E-state index is 0.295. The first kappa shape index (κ1) is 24.2. The van der Waals surface area contributed by atoms with Gasteiger partial charge in [0, 0.05) is 12.1 Å². The van der Waals surface area contributed by atoms with Crippen molar-refractivity contribution in [2.45, 2.75) is 18.3 Å². The Morgan fingerprint density at radius 2 is 1.80 bits per heavy atom. The number of halogens is 1. The van der Waals surface area contributed by atoms with Crippen molar-refractivity contribution in [1.82, 2.24) is 5.32 Å². The van der Waals surface area contributed by atoms with E-state index in [1.54, 1.807) is 19.2 Å². The molecule has 8 nitrogen and oxygen atoms in total. The third-order valence-electron chi connectivity index (χ3n) is 5.47. The van der Waals surface area contributed by atoms with Crippen LogP contribution in [0.3, 0.4) is 0 Å². The molecule has 3 aromatic carbocycles. The van der Waals surface area contributed by atoms with Crippen LogP contribution in [0.1, 0.15) is 21.5 Å². The van der Waals surface area contributed by atoms with Crippen LogP contribution in [0.25, 0.3) is 0 Å². The summed E-state index contributed by atoms with van der Waals surface area (Å²) in [6.07, 6.45) is 0. The van der Waals surface area contributed by atoms with Gasteiger partial charge in [-0.1, -0.05) is 24.3 Å². The molecular weight excluding hydrogens is 473 g/mol. The molecule has 1 unspecified atom stereocenters. The SMILES string of the molecule is COc1cccc(CNC(=O)c2ccc3c(c2)NC(=O)C(CS(=O)(=O)Cc2cccc(F)c2)N3)c1. The standard InChI is InChI=1S/C25H24FN3O5S/c1-34-20-7-3-4-16(11-20)13-27-24(30)18-8-9-21-22(12-18)29-25(31)23(28-21)15-35(32,33)14-17-5-2-6-19(26)10-17/h2-12,23,28H,13-15H2,1H3,(H,27,30)(H,29,31). The molecule has 35 heavy (non-hydrogen) atoms. The minimum Gasteiger partial charge on any atom is -0.497 e. The van der Waals surface area contributed by atoms with Crippen LogP contribution in [-0.2, 0) is 26.9 Å². The van der Waals surface area contributed by atoms with E-state index in [0.717, 1.165) is 11.6 Å². The fourth-order valence-electron chi connectivity index (χ4n) is 3.77. The van der Waals surface area contributed by atoms with Crippen molar-refractivity contribution in [3.8, 4) is 5.75 Å². The van der Waals surface area contributed by atoms with E-state index in [-0.39, 0.29) is 11.7 Å². The van der Waals surface area contributed by atoms with Crippen LogP contribution >= 0.6 is 0 Å². The second kappa shape index (κ2) is 10.1.